The van der Waals surface area contributed by atoms with Crippen LogP contribution in [0.5, 0.6) is 0 Å². The Kier molecular flexibility index (Phi) is 9.40. The lowest BCUT2D eigenvalue weighted by atomic mass is 9.89. The van der Waals surface area contributed by atoms with E-state index in [1.165, 1.54) is 19.3 Å². The summed E-state index contributed by atoms with van der Waals surface area (Å²) in [6.07, 6.45) is 6.67. The Morgan fingerprint density at radius 3 is 2.43 bits per heavy atom. The number of aliphatic hydroxyl groups excluding tert-OH is 1. The van der Waals surface area contributed by atoms with Crippen molar-refractivity contribution in [3.63, 3.8) is 0 Å². The quantitative estimate of drug-likeness (QED) is 0.401. The molecule has 0 heterocycles. The number of carbonyl (C=O) groups is 2. The molecule has 194 valence electrons. The fourth-order valence-electron chi connectivity index (χ4n) is 5.48. The Hall–Kier alpha value is -2.34. The molecule has 2 fully saturated rings. The van der Waals surface area contributed by atoms with Crippen molar-refractivity contribution in [2.45, 2.75) is 103 Å². The first-order chi connectivity index (χ1) is 16.5. The van der Waals surface area contributed by atoms with E-state index in [1.807, 2.05) is 65.0 Å². The first kappa shape index (κ1) is 27.3. The van der Waals surface area contributed by atoms with Crippen molar-refractivity contribution in [2.75, 3.05) is 0 Å². The molecule has 2 aliphatic rings. The van der Waals surface area contributed by atoms with E-state index < -0.39 is 23.8 Å². The van der Waals surface area contributed by atoms with E-state index >= 15 is 0 Å². The van der Waals surface area contributed by atoms with Gasteiger partial charge in [0.2, 0.25) is 5.91 Å². The molecule has 6 atom stereocenters. The number of carbonyl (C=O) groups excluding carboxylic acids is 2. The first-order valence-electron chi connectivity index (χ1n) is 13.2. The van der Waals surface area contributed by atoms with E-state index in [1.54, 1.807) is 0 Å². The number of allylic oxidation sites excluding steroid dienone is 2. The van der Waals surface area contributed by atoms with Crippen LogP contribution in [0.1, 0.15) is 78.7 Å². The van der Waals surface area contributed by atoms with E-state index in [9.17, 15) is 14.7 Å². The summed E-state index contributed by atoms with van der Waals surface area (Å²) in [6, 6.07) is 9.44. The van der Waals surface area contributed by atoms with Gasteiger partial charge in [-0.05, 0) is 90.5 Å². The fraction of sp³-hybridized carbons (Fsp3) is 0.655. The SMILES string of the molecule is CC(C)=CC[C@H](C[C@H](O)[C@H](Cc1ccccc1)NC(=O)OC(C)(C)C)C(=O)NC1CC2CCC1C2. The lowest BCUT2D eigenvalue weighted by molar-refractivity contribution is -0.127. The third-order valence-corrected chi connectivity index (χ3v) is 7.24. The molecule has 3 unspecified atom stereocenters. The van der Waals surface area contributed by atoms with E-state index in [0.29, 0.717) is 18.8 Å². The molecule has 2 bridgehead atoms. The van der Waals surface area contributed by atoms with Crippen molar-refractivity contribution in [3.8, 4) is 0 Å². The maximum Gasteiger partial charge on any atom is 0.407 e. The summed E-state index contributed by atoms with van der Waals surface area (Å²) in [6.45, 7) is 9.47. The Labute approximate surface area is 210 Å². The van der Waals surface area contributed by atoms with Crippen LogP contribution in [0.15, 0.2) is 42.0 Å². The zero-order valence-corrected chi connectivity index (χ0v) is 22.0. The number of rotatable bonds is 10. The monoisotopic (exact) mass is 484 g/mol. The van der Waals surface area contributed by atoms with Gasteiger partial charge in [0.05, 0.1) is 12.1 Å². The lowest BCUT2D eigenvalue weighted by Crippen LogP contribution is -2.49. The van der Waals surface area contributed by atoms with Gasteiger partial charge in [0.25, 0.3) is 0 Å². The first-order valence-corrected chi connectivity index (χ1v) is 13.2. The molecule has 2 saturated carbocycles. The predicted molar refractivity (Wildman–Crippen MR) is 139 cm³/mol. The summed E-state index contributed by atoms with van der Waals surface area (Å²) in [5, 5.41) is 17.5. The van der Waals surface area contributed by atoms with Crippen LogP contribution in [0.2, 0.25) is 0 Å². The number of fused-ring (bicyclic) bond motifs is 2. The number of nitrogens with one attached hydrogen (secondary N) is 2. The van der Waals surface area contributed by atoms with Crippen molar-refractivity contribution in [1.82, 2.24) is 10.6 Å². The van der Waals surface area contributed by atoms with E-state index in [0.717, 1.165) is 23.5 Å². The smallest absolute Gasteiger partial charge is 0.407 e. The van der Waals surface area contributed by atoms with Crippen LogP contribution in [-0.2, 0) is 16.0 Å². The zero-order chi connectivity index (χ0) is 25.6. The molecule has 2 aliphatic carbocycles. The summed E-state index contributed by atoms with van der Waals surface area (Å²) in [4.78, 5) is 25.9. The number of amides is 2. The minimum absolute atomic E-state index is 0.00910. The molecule has 0 spiro atoms. The lowest BCUT2D eigenvalue weighted by Gasteiger charge is -2.30. The molecule has 0 aromatic heterocycles. The second-order valence-electron chi connectivity index (χ2n) is 11.7. The van der Waals surface area contributed by atoms with Gasteiger partial charge in [-0.3, -0.25) is 4.79 Å². The summed E-state index contributed by atoms with van der Waals surface area (Å²) in [7, 11) is 0. The van der Waals surface area contributed by atoms with Crippen molar-refractivity contribution in [1.29, 1.82) is 0 Å². The van der Waals surface area contributed by atoms with Crippen molar-refractivity contribution in [3.05, 3.63) is 47.5 Å². The van der Waals surface area contributed by atoms with Gasteiger partial charge in [-0.1, -0.05) is 48.4 Å². The van der Waals surface area contributed by atoms with E-state index in [4.69, 9.17) is 4.74 Å². The average molecular weight is 485 g/mol. The van der Waals surface area contributed by atoms with E-state index in [2.05, 4.69) is 16.7 Å². The van der Waals surface area contributed by atoms with Gasteiger partial charge in [0, 0.05) is 12.0 Å². The van der Waals surface area contributed by atoms with Crippen LogP contribution in [0, 0.1) is 17.8 Å². The highest BCUT2D eigenvalue weighted by Gasteiger charge is 2.41. The Balaban J connectivity index is 1.71. The Bertz CT molecular complexity index is 872. The highest BCUT2D eigenvalue weighted by atomic mass is 16.6. The minimum atomic E-state index is -0.899. The molecule has 1 aromatic rings. The van der Waals surface area contributed by atoms with Gasteiger partial charge in [-0.15, -0.1) is 0 Å². The standard InChI is InChI=1S/C29H44N2O4/c1-19(2)11-13-23(27(33)30-24-17-21-12-14-22(24)15-21)18-26(32)25(16-20-9-7-6-8-10-20)31-28(34)35-29(3,4)5/h6-11,21-26,32H,12-18H2,1-5H3,(H,30,33)(H,31,34)/t21?,22?,23-,24?,25+,26+/m1/s1. The maximum atomic E-state index is 13.4. The number of benzene rings is 1. The van der Waals surface area contributed by atoms with Gasteiger partial charge in [0.1, 0.15) is 5.60 Å². The van der Waals surface area contributed by atoms with Crippen LogP contribution in [0.4, 0.5) is 4.79 Å². The topological polar surface area (TPSA) is 87.7 Å². The Morgan fingerprint density at radius 2 is 1.86 bits per heavy atom. The second kappa shape index (κ2) is 12.1. The molecule has 0 aliphatic heterocycles. The van der Waals surface area contributed by atoms with Crippen molar-refractivity contribution < 1.29 is 19.4 Å². The number of aliphatic hydroxyl groups is 1. The molecule has 2 amide bonds. The Morgan fingerprint density at radius 1 is 1.14 bits per heavy atom. The highest BCUT2D eigenvalue weighted by Crippen LogP contribution is 2.44. The van der Waals surface area contributed by atoms with Crippen molar-refractivity contribution >= 4 is 12.0 Å². The molecule has 6 heteroatoms. The molecule has 3 rings (SSSR count). The second-order valence-corrected chi connectivity index (χ2v) is 11.7. The molecule has 0 radical (unpaired) electrons. The van der Waals surface area contributed by atoms with Crippen LogP contribution < -0.4 is 10.6 Å². The zero-order valence-electron chi connectivity index (χ0n) is 22.0. The van der Waals surface area contributed by atoms with Crippen LogP contribution in [0.3, 0.4) is 0 Å². The van der Waals surface area contributed by atoms with Gasteiger partial charge < -0.3 is 20.5 Å². The number of alkyl carbamates (subject to hydrolysis) is 1. The van der Waals surface area contributed by atoms with Crippen LogP contribution in [-0.4, -0.2) is 40.9 Å². The molecule has 35 heavy (non-hydrogen) atoms. The normalized spacial score (nSPS) is 23.8. The molecule has 6 nitrogen and oxygen atoms in total. The van der Waals surface area contributed by atoms with Gasteiger partial charge >= 0.3 is 6.09 Å². The van der Waals surface area contributed by atoms with E-state index in [-0.39, 0.29) is 24.3 Å². The number of hydrogen-bond donors (Lipinski definition) is 3. The number of ether oxygens (including phenoxy) is 1. The van der Waals surface area contributed by atoms with Crippen LogP contribution in [0.25, 0.3) is 0 Å². The maximum absolute atomic E-state index is 13.4. The largest absolute Gasteiger partial charge is 0.444 e. The summed E-state index contributed by atoms with van der Waals surface area (Å²) >= 11 is 0. The van der Waals surface area contributed by atoms with Crippen LogP contribution >= 0.6 is 0 Å². The molecular formula is C29H44N2O4. The number of hydrogen-bond acceptors (Lipinski definition) is 4. The molecule has 3 N–H and O–H groups in total. The van der Waals surface area contributed by atoms with Gasteiger partial charge in [0.15, 0.2) is 0 Å². The minimum Gasteiger partial charge on any atom is -0.444 e. The fourth-order valence-corrected chi connectivity index (χ4v) is 5.48. The highest BCUT2D eigenvalue weighted by molar-refractivity contribution is 5.79. The van der Waals surface area contributed by atoms with Crippen molar-refractivity contribution in [2.24, 2.45) is 17.8 Å². The van der Waals surface area contributed by atoms with Gasteiger partial charge in [-0.2, -0.15) is 0 Å². The molecule has 0 saturated heterocycles. The summed E-state index contributed by atoms with van der Waals surface area (Å²) in [5.41, 5.74) is 1.50. The summed E-state index contributed by atoms with van der Waals surface area (Å²) < 4.78 is 5.45. The predicted octanol–water partition coefficient (Wildman–Crippen LogP) is 5.15. The third-order valence-electron chi connectivity index (χ3n) is 7.24. The molecule has 1 aromatic carbocycles. The third kappa shape index (κ3) is 8.68. The average Bonchev–Trinajstić information content (AvgIpc) is 3.38. The molecular weight excluding hydrogens is 440 g/mol. The summed E-state index contributed by atoms with van der Waals surface area (Å²) in [5.74, 6) is 0.991. The van der Waals surface area contributed by atoms with Gasteiger partial charge in [-0.25, -0.2) is 4.79 Å².